The fraction of sp³-hybridized carbons (Fsp3) is 0.118. The number of nitrogens with two attached hydrogens (primary N) is 1. The number of aromatic amines is 1. The first-order chi connectivity index (χ1) is 11.3. The molecule has 0 amide bonds. The molecule has 1 heterocycles. The van der Waals surface area contributed by atoms with Crippen LogP contribution in [0.25, 0.3) is 0 Å². The Kier molecular flexibility index (Phi) is 6.33. The highest BCUT2D eigenvalue weighted by Crippen LogP contribution is 2.09. The van der Waals surface area contributed by atoms with Crippen molar-refractivity contribution in [1.29, 1.82) is 0 Å². The number of hydrogen-bond acceptors (Lipinski definition) is 5. The van der Waals surface area contributed by atoms with Crippen LogP contribution in [0.3, 0.4) is 0 Å². The van der Waals surface area contributed by atoms with Gasteiger partial charge in [-0.1, -0.05) is 60.7 Å². The molecule has 3 aromatic rings. The number of benzene rings is 2. The average molecular weight is 345 g/mol. The second-order valence-corrected chi connectivity index (χ2v) is 4.87. The number of nitrogen functional groups attached to an aromatic ring is 1. The molecule has 7 heteroatoms. The standard InChI is InChI=1S/C17H16N4O2.ClH/c18-15-19-16(22-11-13-7-3-1-4-8-13)21-17(20-15)23-12-14-9-5-2-6-10-14;/h1-10H,11-12H2,(H2,18,19,20,21);1H. The predicted octanol–water partition coefficient (Wildman–Crippen LogP) is -0.965. The van der Waals surface area contributed by atoms with Gasteiger partial charge < -0.3 is 27.6 Å². The first kappa shape index (κ1) is 17.5. The minimum absolute atomic E-state index is 0. The fourth-order valence-electron chi connectivity index (χ4n) is 1.97. The van der Waals surface area contributed by atoms with Crippen molar-refractivity contribution in [2.45, 2.75) is 13.2 Å². The number of ether oxygens (including phenoxy) is 2. The minimum Gasteiger partial charge on any atom is -1.00 e. The molecule has 6 nitrogen and oxygen atoms in total. The third-order valence-corrected chi connectivity index (χ3v) is 3.08. The normalized spacial score (nSPS) is 9.83. The molecule has 0 bridgehead atoms. The van der Waals surface area contributed by atoms with Crippen molar-refractivity contribution >= 4 is 5.95 Å². The number of H-pyrrole nitrogens is 1. The number of halogens is 1. The second kappa shape index (κ2) is 8.69. The first-order valence-corrected chi connectivity index (χ1v) is 7.20. The summed E-state index contributed by atoms with van der Waals surface area (Å²) in [5.74, 6) is 0.0925. The quantitative estimate of drug-likeness (QED) is 0.622. The fourth-order valence-corrected chi connectivity index (χ4v) is 1.97. The summed E-state index contributed by atoms with van der Waals surface area (Å²) in [5, 5.41) is 0. The van der Waals surface area contributed by atoms with Gasteiger partial charge in [0.15, 0.2) is 0 Å². The van der Waals surface area contributed by atoms with Gasteiger partial charge in [0.1, 0.15) is 13.2 Å². The van der Waals surface area contributed by atoms with Gasteiger partial charge in [-0.05, 0) is 21.1 Å². The molecule has 0 fully saturated rings. The SMILES string of the molecule is Nc1nc(OCc2ccccc2)[nH+]c(OCc2ccccc2)n1.[Cl-]. The van der Waals surface area contributed by atoms with Gasteiger partial charge in [0.25, 0.3) is 0 Å². The van der Waals surface area contributed by atoms with Gasteiger partial charge in [-0.15, -0.1) is 0 Å². The monoisotopic (exact) mass is 344 g/mol. The predicted molar refractivity (Wildman–Crippen MR) is 84.5 cm³/mol. The van der Waals surface area contributed by atoms with E-state index >= 15 is 0 Å². The van der Waals surface area contributed by atoms with E-state index in [2.05, 4.69) is 15.0 Å². The lowest BCUT2D eigenvalue weighted by Crippen LogP contribution is -3.00. The molecule has 24 heavy (non-hydrogen) atoms. The Morgan fingerprint density at radius 2 is 1.17 bits per heavy atom. The number of nitrogens with one attached hydrogen (secondary N) is 1. The summed E-state index contributed by atoms with van der Waals surface area (Å²) in [6.07, 6.45) is 0. The maximum absolute atomic E-state index is 5.70. The van der Waals surface area contributed by atoms with Crippen LogP contribution >= 0.6 is 0 Å². The largest absolute Gasteiger partial charge is 1.00 e. The topological polar surface area (TPSA) is 84.4 Å². The van der Waals surface area contributed by atoms with Crippen LogP contribution in [0.2, 0.25) is 0 Å². The molecule has 1 aromatic heterocycles. The number of aromatic nitrogens is 3. The van der Waals surface area contributed by atoms with Crippen molar-refractivity contribution in [3.8, 4) is 12.0 Å². The van der Waals surface area contributed by atoms with E-state index in [0.29, 0.717) is 13.2 Å². The van der Waals surface area contributed by atoms with Crippen LogP contribution in [-0.4, -0.2) is 9.97 Å². The third kappa shape index (κ3) is 5.10. The Morgan fingerprint density at radius 3 is 1.58 bits per heavy atom. The van der Waals surface area contributed by atoms with Gasteiger partial charge in [-0.25, -0.2) is 0 Å². The molecule has 0 saturated carbocycles. The van der Waals surface area contributed by atoms with Crippen molar-refractivity contribution in [2.24, 2.45) is 0 Å². The van der Waals surface area contributed by atoms with Crippen LogP contribution in [0.5, 0.6) is 12.0 Å². The minimum atomic E-state index is 0. The van der Waals surface area contributed by atoms with E-state index in [1.54, 1.807) is 0 Å². The highest BCUT2D eigenvalue weighted by Gasteiger charge is 2.15. The number of anilines is 1. The lowest BCUT2D eigenvalue weighted by Gasteiger charge is -2.03. The molecule has 3 rings (SSSR count). The molecule has 124 valence electrons. The first-order valence-electron chi connectivity index (χ1n) is 7.20. The zero-order chi connectivity index (χ0) is 15.9. The van der Waals surface area contributed by atoms with Gasteiger partial charge in [-0.3, -0.25) is 0 Å². The maximum atomic E-state index is 5.70. The summed E-state index contributed by atoms with van der Waals surface area (Å²) in [6, 6.07) is 20.1. The van der Waals surface area contributed by atoms with Crippen molar-refractivity contribution in [3.63, 3.8) is 0 Å². The van der Waals surface area contributed by atoms with E-state index in [4.69, 9.17) is 15.2 Å². The Balaban J connectivity index is 0.00000208. The van der Waals surface area contributed by atoms with Crippen LogP contribution in [0, 0.1) is 0 Å². The zero-order valence-electron chi connectivity index (χ0n) is 12.9. The molecular weight excluding hydrogens is 328 g/mol. The van der Waals surface area contributed by atoms with Crippen molar-refractivity contribution in [1.82, 2.24) is 9.97 Å². The van der Waals surface area contributed by atoms with Gasteiger partial charge in [-0.2, -0.15) is 4.98 Å². The van der Waals surface area contributed by atoms with Gasteiger partial charge in [0.2, 0.25) is 0 Å². The second-order valence-electron chi connectivity index (χ2n) is 4.87. The van der Waals surface area contributed by atoms with E-state index in [-0.39, 0.29) is 30.4 Å². The average Bonchev–Trinajstić information content (AvgIpc) is 2.60. The third-order valence-electron chi connectivity index (χ3n) is 3.08. The molecule has 0 aliphatic carbocycles. The van der Waals surface area contributed by atoms with Crippen LogP contribution in [0.1, 0.15) is 11.1 Å². The molecule has 0 aliphatic heterocycles. The Morgan fingerprint density at radius 1 is 0.750 bits per heavy atom. The summed E-state index contributed by atoms with van der Waals surface area (Å²) in [7, 11) is 0. The Hall–Kier alpha value is -2.86. The van der Waals surface area contributed by atoms with Crippen LogP contribution in [0.15, 0.2) is 60.7 Å². The van der Waals surface area contributed by atoms with Crippen LogP contribution < -0.4 is 32.6 Å². The number of nitrogens with zero attached hydrogens (tertiary/aromatic N) is 2. The smallest absolute Gasteiger partial charge is 0.439 e. The molecule has 3 N–H and O–H groups in total. The number of rotatable bonds is 6. The summed E-state index contributed by atoms with van der Waals surface area (Å²) in [5.41, 5.74) is 7.76. The van der Waals surface area contributed by atoms with Crippen LogP contribution in [0.4, 0.5) is 5.95 Å². The Labute approximate surface area is 146 Å². The van der Waals surface area contributed by atoms with E-state index in [9.17, 15) is 0 Å². The highest BCUT2D eigenvalue weighted by molar-refractivity contribution is 5.18. The van der Waals surface area contributed by atoms with Gasteiger partial charge in [0, 0.05) is 0 Å². The lowest BCUT2D eigenvalue weighted by atomic mass is 10.2. The summed E-state index contributed by atoms with van der Waals surface area (Å²) >= 11 is 0. The Bertz CT molecular complexity index is 695. The molecule has 0 saturated heterocycles. The molecule has 0 unspecified atom stereocenters. The van der Waals surface area contributed by atoms with E-state index in [0.717, 1.165) is 11.1 Å². The van der Waals surface area contributed by atoms with Crippen molar-refractivity contribution in [2.75, 3.05) is 5.73 Å². The molecule has 0 aliphatic rings. The van der Waals surface area contributed by atoms with Gasteiger partial charge in [0.05, 0.1) is 0 Å². The highest BCUT2D eigenvalue weighted by atomic mass is 35.5. The summed E-state index contributed by atoms with van der Waals surface area (Å²) in [6.45, 7) is 0.762. The van der Waals surface area contributed by atoms with Gasteiger partial charge >= 0.3 is 18.0 Å². The van der Waals surface area contributed by atoms with Crippen molar-refractivity contribution < 1.29 is 26.9 Å². The number of hydrogen-bond donors (Lipinski definition) is 1. The molecular formula is C17H17ClN4O2. The maximum Gasteiger partial charge on any atom is 0.439 e. The van der Waals surface area contributed by atoms with E-state index in [1.807, 2.05) is 60.7 Å². The molecule has 0 spiro atoms. The zero-order valence-corrected chi connectivity index (χ0v) is 13.6. The molecule has 0 atom stereocenters. The van der Waals surface area contributed by atoms with E-state index in [1.165, 1.54) is 0 Å². The summed E-state index contributed by atoms with van der Waals surface area (Å²) in [4.78, 5) is 10.9. The lowest BCUT2D eigenvalue weighted by molar-refractivity contribution is -0.420. The van der Waals surface area contributed by atoms with Crippen LogP contribution in [-0.2, 0) is 13.2 Å². The summed E-state index contributed by atoms with van der Waals surface area (Å²) < 4.78 is 11.2. The molecule has 2 aromatic carbocycles. The molecule has 0 radical (unpaired) electrons. The van der Waals surface area contributed by atoms with Crippen molar-refractivity contribution in [3.05, 3.63) is 71.8 Å². The van der Waals surface area contributed by atoms with E-state index < -0.39 is 0 Å².